The number of carbonyl (C=O) groups is 1. The Labute approximate surface area is 125 Å². The summed E-state index contributed by atoms with van der Waals surface area (Å²) >= 11 is 2.24. The summed E-state index contributed by atoms with van der Waals surface area (Å²) in [5.41, 5.74) is 4.47. The standard InChI is InChI=1S/C15H13IN2O/c16-14-8-4-7-13(9-14)11-17-18-15(19)10-12-5-2-1-3-6-12/h1-9,11H,10H2,(H,18,19)/b17-11+. The predicted molar refractivity (Wildman–Crippen MR) is 85.0 cm³/mol. The zero-order chi connectivity index (χ0) is 13.5. The lowest BCUT2D eigenvalue weighted by atomic mass is 10.1. The quantitative estimate of drug-likeness (QED) is 0.506. The van der Waals surface area contributed by atoms with E-state index in [9.17, 15) is 4.79 Å². The molecule has 1 amide bonds. The molecule has 2 aromatic carbocycles. The third kappa shape index (κ3) is 4.82. The largest absolute Gasteiger partial charge is 0.273 e. The molecule has 1 N–H and O–H groups in total. The van der Waals surface area contributed by atoms with Crippen LogP contribution in [-0.4, -0.2) is 12.1 Å². The Bertz CT molecular complexity index is 582. The maximum atomic E-state index is 11.6. The van der Waals surface area contributed by atoms with Crippen LogP contribution in [0.4, 0.5) is 0 Å². The van der Waals surface area contributed by atoms with Crippen LogP contribution in [0, 0.1) is 3.57 Å². The van der Waals surface area contributed by atoms with Gasteiger partial charge in [0.25, 0.3) is 0 Å². The first-order valence-corrected chi connectivity index (χ1v) is 6.93. The summed E-state index contributed by atoms with van der Waals surface area (Å²) in [6.07, 6.45) is 1.98. The van der Waals surface area contributed by atoms with Crippen molar-refractivity contribution in [2.45, 2.75) is 6.42 Å². The summed E-state index contributed by atoms with van der Waals surface area (Å²) in [5.74, 6) is -0.118. The minimum atomic E-state index is -0.118. The first-order valence-electron chi connectivity index (χ1n) is 5.85. The molecule has 4 heteroatoms. The number of hydrazone groups is 1. The molecule has 0 spiro atoms. The van der Waals surface area contributed by atoms with Crippen molar-refractivity contribution in [1.29, 1.82) is 0 Å². The van der Waals surface area contributed by atoms with E-state index in [1.165, 1.54) is 0 Å². The topological polar surface area (TPSA) is 41.5 Å². The first-order chi connectivity index (χ1) is 9.24. The van der Waals surface area contributed by atoms with Crippen molar-refractivity contribution >= 4 is 34.7 Å². The molecule has 0 aliphatic carbocycles. The summed E-state index contributed by atoms with van der Waals surface area (Å²) in [6.45, 7) is 0. The summed E-state index contributed by atoms with van der Waals surface area (Å²) < 4.78 is 1.14. The van der Waals surface area contributed by atoms with E-state index < -0.39 is 0 Å². The third-order valence-electron chi connectivity index (χ3n) is 2.46. The van der Waals surface area contributed by atoms with E-state index in [0.29, 0.717) is 6.42 Å². The maximum absolute atomic E-state index is 11.6. The van der Waals surface area contributed by atoms with Crippen LogP contribution in [0.5, 0.6) is 0 Å². The third-order valence-corrected chi connectivity index (χ3v) is 3.13. The number of benzene rings is 2. The summed E-state index contributed by atoms with van der Waals surface area (Å²) in [6, 6.07) is 17.5. The van der Waals surface area contributed by atoms with Crippen molar-refractivity contribution in [1.82, 2.24) is 5.43 Å². The Morgan fingerprint density at radius 2 is 1.95 bits per heavy atom. The number of hydrogen-bond acceptors (Lipinski definition) is 2. The average molecular weight is 364 g/mol. The summed E-state index contributed by atoms with van der Waals surface area (Å²) in [7, 11) is 0. The van der Waals surface area contributed by atoms with Crippen LogP contribution in [0.1, 0.15) is 11.1 Å². The minimum Gasteiger partial charge on any atom is -0.273 e. The molecule has 0 heterocycles. The van der Waals surface area contributed by atoms with Gasteiger partial charge in [0, 0.05) is 3.57 Å². The van der Waals surface area contributed by atoms with Gasteiger partial charge in [0.1, 0.15) is 0 Å². The van der Waals surface area contributed by atoms with Gasteiger partial charge < -0.3 is 0 Å². The Morgan fingerprint density at radius 3 is 2.68 bits per heavy atom. The zero-order valence-electron chi connectivity index (χ0n) is 10.2. The second-order valence-corrected chi connectivity index (χ2v) is 5.26. The van der Waals surface area contributed by atoms with Gasteiger partial charge in [-0.05, 0) is 45.9 Å². The molecule has 0 saturated heterocycles. The fraction of sp³-hybridized carbons (Fsp3) is 0.0667. The van der Waals surface area contributed by atoms with Crippen LogP contribution in [-0.2, 0) is 11.2 Å². The molecule has 19 heavy (non-hydrogen) atoms. The van der Waals surface area contributed by atoms with E-state index in [0.717, 1.165) is 14.7 Å². The fourth-order valence-corrected chi connectivity index (χ4v) is 2.15. The molecule has 2 aromatic rings. The first kappa shape index (κ1) is 13.7. The number of carbonyl (C=O) groups excluding carboxylic acids is 1. The van der Waals surface area contributed by atoms with Gasteiger partial charge in [0.05, 0.1) is 12.6 Å². The lowest BCUT2D eigenvalue weighted by molar-refractivity contribution is -0.120. The molecule has 0 aliphatic rings. The zero-order valence-corrected chi connectivity index (χ0v) is 12.4. The molecule has 0 saturated carbocycles. The van der Waals surface area contributed by atoms with E-state index in [2.05, 4.69) is 33.1 Å². The number of nitrogens with zero attached hydrogens (tertiary/aromatic N) is 1. The number of rotatable bonds is 4. The highest BCUT2D eigenvalue weighted by atomic mass is 127. The molecular weight excluding hydrogens is 351 g/mol. The molecule has 0 bridgehead atoms. The van der Waals surface area contributed by atoms with Crippen LogP contribution in [0.15, 0.2) is 59.7 Å². The second kappa shape index (κ2) is 7.04. The molecular formula is C15H13IN2O. The smallest absolute Gasteiger partial charge is 0.244 e. The van der Waals surface area contributed by atoms with Crippen molar-refractivity contribution in [2.75, 3.05) is 0 Å². The molecule has 3 nitrogen and oxygen atoms in total. The highest BCUT2D eigenvalue weighted by molar-refractivity contribution is 14.1. The molecule has 0 atom stereocenters. The molecule has 96 valence electrons. The van der Waals surface area contributed by atoms with Crippen molar-refractivity contribution < 1.29 is 4.79 Å². The normalized spacial score (nSPS) is 10.6. The van der Waals surface area contributed by atoms with Crippen LogP contribution in [0.3, 0.4) is 0 Å². The van der Waals surface area contributed by atoms with Crippen molar-refractivity contribution in [2.24, 2.45) is 5.10 Å². The number of nitrogens with one attached hydrogen (secondary N) is 1. The predicted octanol–water partition coefficient (Wildman–Crippen LogP) is 2.98. The van der Waals surface area contributed by atoms with E-state index in [4.69, 9.17) is 0 Å². The fourth-order valence-electron chi connectivity index (χ4n) is 1.59. The summed E-state index contributed by atoms with van der Waals surface area (Å²) in [5, 5.41) is 3.95. The Balaban J connectivity index is 1.87. The highest BCUT2D eigenvalue weighted by Crippen LogP contribution is 2.05. The minimum absolute atomic E-state index is 0.118. The van der Waals surface area contributed by atoms with Gasteiger partial charge in [-0.3, -0.25) is 4.79 Å². The SMILES string of the molecule is O=C(Cc1ccccc1)N/N=C/c1cccc(I)c1. The monoisotopic (exact) mass is 364 g/mol. The van der Waals surface area contributed by atoms with Crippen molar-refractivity contribution in [3.8, 4) is 0 Å². The molecule has 0 fully saturated rings. The van der Waals surface area contributed by atoms with Crippen molar-refractivity contribution in [3.63, 3.8) is 0 Å². The molecule has 0 radical (unpaired) electrons. The Kier molecular flexibility index (Phi) is 5.09. The van der Waals surface area contributed by atoms with Gasteiger partial charge in [-0.15, -0.1) is 0 Å². The lowest BCUT2D eigenvalue weighted by Gasteiger charge is -2.00. The van der Waals surface area contributed by atoms with Crippen LogP contribution < -0.4 is 5.43 Å². The van der Waals surface area contributed by atoms with Gasteiger partial charge in [0.2, 0.25) is 5.91 Å². The van der Waals surface area contributed by atoms with Gasteiger partial charge in [-0.25, -0.2) is 5.43 Å². The number of amides is 1. The van der Waals surface area contributed by atoms with Crippen LogP contribution in [0.25, 0.3) is 0 Å². The molecule has 0 aromatic heterocycles. The number of halogens is 1. The van der Waals surface area contributed by atoms with E-state index in [1.54, 1.807) is 6.21 Å². The van der Waals surface area contributed by atoms with E-state index in [-0.39, 0.29) is 5.91 Å². The second-order valence-electron chi connectivity index (χ2n) is 4.01. The van der Waals surface area contributed by atoms with Crippen LogP contribution in [0.2, 0.25) is 0 Å². The molecule has 0 aliphatic heterocycles. The van der Waals surface area contributed by atoms with Gasteiger partial charge in [0.15, 0.2) is 0 Å². The van der Waals surface area contributed by atoms with E-state index >= 15 is 0 Å². The Morgan fingerprint density at radius 1 is 1.16 bits per heavy atom. The number of hydrogen-bond donors (Lipinski definition) is 1. The van der Waals surface area contributed by atoms with Crippen molar-refractivity contribution in [3.05, 3.63) is 69.3 Å². The lowest BCUT2D eigenvalue weighted by Crippen LogP contribution is -2.19. The summed E-state index contributed by atoms with van der Waals surface area (Å²) in [4.78, 5) is 11.6. The highest BCUT2D eigenvalue weighted by Gasteiger charge is 2.00. The average Bonchev–Trinajstić information content (AvgIpc) is 2.40. The van der Waals surface area contributed by atoms with Crippen LogP contribution >= 0.6 is 22.6 Å². The molecule has 0 unspecified atom stereocenters. The van der Waals surface area contributed by atoms with Gasteiger partial charge in [-0.2, -0.15) is 5.10 Å². The van der Waals surface area contributed by atoms with Gasteiger partial charge in [-0.1, -0.05) is 42.5 Å². The van der Waals surface area contributed by atoms with E-state index in [1.807, 2.05) is 54.6 Å². The molecule has 2 rings (SSSR count). The maximum Gasteiger partial charge on any atom is 0.244 e. The van der Waals surface area contributed by atoms with Gasteiger partial charge >= 0.3 is 0 Å². The Hall–Kier alpha value is -1.69.